The van der Waals surface area contributed by atoms with Crippen LogP contribution in [0.2, 0.25) is 0 Å². The number of fused-ring (bicyclic) bond motifs is 2. The minimum atomic E-state index is -4.13. The molecule has 0 aliphatic heterocycles. The number of furan rings is 1. The molecular formula is C20H25N2NaO5S. The monoisotopic (exact) mass is 428 g/mol. The molecule has 0 radical (unpaired) electrons. The fourth-order valence-electron chi connectivity index (χ4n) is 4.22. The molecule has 0 spiro atoms. The van der Waals surface area contributed by atoms with Gasteiger partial charge in [0.15, 0.2) is 0 Å². The molecule has 0 bridgehead atoms. The number of nitrogens with one attached hydrogen (secondary N) is 2. The first-order chi connectivity index (χ1) is 13.3. The number of hydrogen-bond acceptors (Lipinski definition) is 5. The molecule has 2 aliphatic carbocycles. The fraction of sp³-hybridized carbons (Fsp3) is 0.450. The summed E-state index contributed by atoms with van der Waals surface area (Å²) in [4.78, 5) is 12.5. The van der Waals surface area contributed by atoms with Gasteiger partial charge in [-0.15, -0.1) is 0 Å². The molecule has 4 rings (SSSR count). The summed E-state index contributed by atoms with van der Waals surface area (Å²) in [5.74, 6) is 0. The van der Waals surface area contributed by atoms with Crippen molar-refractivity contribution in [3.05, 3.63) is 46.2 Å². The number of benzene rings is 1. The van der Waals surface area contributed by atoms with Crippen molar-refractivity contribution in [2.45, 2.75) is 63.1 Å². The molecule has 152 valence electrons. The molecule has 0 fully saturated rings. The van der Waals surface area contributed by atoms with Crippen molar-refractivity contribution in [3.8, 4) is 0 Å². The Labute approximate surface area is 192 Å². The van der Waals surface area contributed by atoms with E-state index in [1.165, 1.54) is 23.5 Å². The molecular weight excluding hydrogens is 403 g/mol. The molecule has 1 aromatic heterocycles. The molecule has 2 amide bonds. The van der Waals surface area contributed by atoms with Crippen LogP contribution in [0.15, 0.2) is 27.9 Å². The number of carbonyl (C=O) groups excluding carboxylic acids is 1. The average molecular weight is 428 g/mol. The van der Waals surface area contributed by atoms with Crippen molar-refractivity contribution in [1.29, 1.82) is 0 Å². The van der Waals surface area contributed by atoms with Crippen LogP contribution < -0.4 is 10.0 Å². The number of anilines is 1. The van der Waals surface area contributed by atoms with Gasteiger partial charge in [0.05, 0.1) is 12.4 Å². The van der Waals surface area contributed by atoms with Gasteiger partial charge in [0.2, 0.25) is 5.09 Å². The van der Waals surface area contributed by atoms with Gasteiger partial charge in [0, 0.05) is 18.2 Å². The topological polar surface area (TPSA) is 109 Å². The number of aliphatic hydroxyl groups excluding tert-OH is 1. The summed E-state index contributed by atoms with van der Waals surface area (Å²) in [6.45, 7) is 1.60. The second-order valence-electron chi connectivity index (χ2n) is 7.62. The van der Waals surface area contributed by atoms with Crippen molar-refractivity contribution in [1.82, 2.24) is 4.72 Å². The van der Waals surface area contributed by atoms with Crippen molar-refractivity contribution < 1.29 is 22.7 Å². The minimum absolute atomic E-state index is 0. The first-order valence-corrected chi connectivity index (χ1v) is 11.1. The predicted octanol–water partition coefficient (Wildman–Crippen LogP) is 2.04. The van der Waals surface area contributed by atoms with Gasteiger partial charge < -0.3 is 14.8 Å². The number of aliphatic hydroxyl groups is 1. The van der Waals surface area contributed by atoms with E-state index in [-0.39, 0.29) is 41.1 Å². The summed E-state index contributed by atoms with van der Waals surface area (Å²) in [5.41, 5.74) is 6.11. The normalized spacial score (nSPS) is 15.9. The molecule has 1 atom stereocenters. The number of aryl methyl sites for hydroxylation is 2. The summed E-state index contributed by atoms with van der Waals surface area (Å²) in [7, 11) is -4.13. The zero-order valence-corrected chi connectivity index (χ0v) is 16.6. The van der Waals surface area contributed by atoms with E-state index >= 15 is 0 Å². The number of rotatable bonds is 5. The number of urea groups is 1. The van der Waals surface area contributed by atoms with E-state index in [1.807, 2.05) is 4.72 Å². The second-order valence-corrected chi connectivity index (χ2v) is 9.23. The Morgan fingerprint density at radius 3 is 2.34 bits per heavy atom. The van der Waals surface area contributed by atoms with Gasteiger partial charge in [-0.2, -0.15) is 8.42 Å². The number of sulfonamides is 1. The average Bonchev–Trinajstić information content (AvgIpc) is 3.32. The van der Waals surface area contributed by atoms with Gasteiger partial charge in [0.25, 0.3) is 10.0 Å². The second kappa shape index (κ2) is 8.81. The zero-order chi connectivity index (χ0) is 19.9. The fourth-order valence-corrected chi connectivity index (χ4v) is 5.10. The summed E-state index contributed by atoms with van der Waals surface area (Å²) in [6, 6.07) is 2.78. The predicted molar refractivity (Wildman–Crippen MR) is 111 cm³/mol. The maximum absolute atomic E-state index is 12.5. The number of hydrogen-bond donors (Lipinski definition) is 3. The molecule has 1 unspecified atom stereocenters. The van der Waals surface area contributed by atoms with Crippen LogP contribution in [0, 0.1) is 0 Å². The third kappa shape index (κ3) is 4.72. The van der Waals surface area contributed by atoms with Crippen LogP contribution in [0.25, 0.3) is 0 Å². The van der Waals surface area contributed by atoms with Crippen molar-refractivity contribution >= 4 is 51.3 Å². The Bertz CT molecular complexity index is 997. The van der Waals surface area contributed by atoms with Crippen LogP contribution in [0.5, 0.6) is 0 Å². The van der Waals surface area contributed by atoms with Crippen LogP contribution in [0.4, 0.5) is 10.5 Å². The van der Waals surface area contributed by atoms with E-state index in [0.717, 1.165) is 55.3 Å². The summed E-state index contributed by atoms with van der Waals surface area (Å²) in [5, 5.41) is 11.9. The Hall–Kier alpha value is -1.32. The van der Waals surface area contributed by atoms with E-state index in [1.54, 1.807) is 6.92 Å². The van der Waals surface area contributed by atoms with Crippen LogP contribution >= 0.6 is 0 Å². The Morgan fingerprint density at radius 1 is 1.14 bits per heavy atom. The molecule has 1 heterocycles. The van der Waals surface area contributed by atoms with Gasteiger partial charge in [-0.3, -0.25) is 0 Å². The molecule has 1 aromatic carbocycles. The van der Waals surface area contributed by atoms with Gasteiger partial charge in [0.1, 0.15) is 0 Å². The Kier molecular flexibility index (Phi) is 6.80. The molecule has 0 saturated heterocycles. The molecule has 2 aliphatic rings. The summed E-state index contributed by atoms with van der Waals surface area (Å²) in [6.07, 6.45) is 6.80. The number of amides is 2. The van der Waals surface area contributed by atoms with Crippen molar-refractivity contribution in [3.63, 3.8) is 0 Å². The van der Waals surface area contributed by atoms with Gasteiger partial charge in [-0.25, -0.2) is 9.52 Å². The maximum atomic E-state index is 12.5. The van der Waals surface area contributed by atoms with E-state index in [0.29, 0.717) is 5.56 Å². The molecule has 2 aromatic rings. The summed E-state index contributed by atoms with van der Waals surface area (Å²) < 4.78 is 32.1. The first kappa shape index (κ1) is 22.4. The van der Waals surface area contributed by atoms with E-state index in [4.69, 9.17) is 4.42 Å². The zero-order valence-electron chi connectivity index (χ0n) is 15.7. The third-order valence-electron chi connectivity index (χ3n) is 5.36. The third-order valence-corrected chi connectivity index (χ3v) is 6.56. The van der Waals surface area contributed by atoms with Gasteiger partial charge in [-0.05, 0) is 73.3 Å². The Balaban J connectivity index is 0.00000240. The van der Waals surface area contributed by atoms with Crippen LogP contribution in [-0.2, 0) is 42.1 Å². The van der Waals surface area contributed by atoms with Gasteiger partial charge >= 0.3 is 35.6 Å². The van der Waals surface area contributed by atoms with Crippen LogP contribution in [0.3, 0.4) is 0 Å². The first-order valence-electron chi connectivity index (χ1n) is 9.59. The van der Waals surface area contributed by atoms with Crippen molar-refractivity contribution in [2.75, 3.05) is 5.32 Å². The number of carbonyl (C=O) groups is 1. The van der Waals surface area contributed by atoms with E-state index in [2.05, 4.69) is 11.4 Å². The van der Waals surface area contributed by atoms with Crippen molar-refractivity contribution in [2.24, 2.45) is 0 Å². The Morgan fingerprint density at radius 2 is 1.76 bits per heavy atom. The molecule has 7 nitrogen and oxygen atoms in total. The molecule has 3 N–H and O–H groups in total. The standard InChI is InChI=1S/C20H24N2O5S.Na.H/c1-12(23)8-13-9-18(27-11-13)28(25,26)22-20(24)21-19-16-6-2-4-14(16)10-15-5-3-7-17(15)19;;/h9-12,23H,2-8H2,1H3,(H2,21,22,24);;. The van der Waals surface area contributed by atoms with E-state index < -0.39 is 22.2 Å². The van der Waals surface area contributed by atoms with Crippen LogP contribution in [0.1, 0.15) is 47.6 Å². The van der Waals surface area contributed by atoms with Gasteiger partial charge in [-0.1, -0.05) is 6.07 Å². The summed E-state index contributed by atoms with van der Waals surface area (Å²) >= 11 is 0. The van der Waals surface area contributed by atoms with E-state index in [9.17, 15) is 18.3 Å². The van der Waals surface area contributed by atoms with Crippen LogP contribution in [-0.4, -0.2) is 55.2 Å². The quantitative estimate of drug-likeness (QED) is 0.632. The molecule has 29 heavy (non-hydrogen) atoms. The SMILES string of the molecule is CC(O)Cc1coc(S(=O)(=O)NC(=O)Nc2c3c(cc4c2CCC4)CCC3)c1.[NaH]. The molecule has 0 saturated carbocycles. The molecule has 9 heteroatoms.